The highest BCUT2D eigenvalue weighted by molar-refractivity contribution is 6.23. The van der Waals surface area contributed by atoms with E-state index in [2.05, 4.69) is 0 Å². The molecule has 1 heteroatoms. The molecule has 0 nitrogen and oxygen atoms in total. The molecule has 0 N–H and O–H groups in total. The standard InChI is InChI=1S/C4H9Cl/c1-4(2,3)5/h1-3H3/i1D3,2D3,3D3. The number of rotatable bonds is 0. The fourth-order valence-electron chi connectivity index (χ4n) is 0. The van der Waals surface area contributed by atoms with Gasteiger partial charge in [-0.2, -0.15) is 0 Å². The zero-order valence-electron chi connectivity index (χ0n) is 11.4. The Bertz CT molecular complexity index is 170. The van der Waals surface area contributed by atoms with Gasteiger partial charge < -0.3 is 0 Å². The molecule has 5 heavy (non-hydrogen) atoms. The second-order valence-corrected chi connectivity index (χ2v) is 1.23. The van der Waals surface area contributed by atoms with E-state index in [1.165, 1.54) is 0 Å². The Hall–Kier alpha value is 0.290. The topological polar surface area (TPSA) is 0 Å². The average molecular weight is 102 g/mol. The first-order valence-corrected chi connectivity index (χ1v) is 1.32. The van der Waals surface area contributed by atoms with Gasteiger partial charge in [-0.3, -0.25) is 0 Å². The molecule has 0 spiro atoms. The van der Waals surface area contributed by atoms with Crippen molar-refractivity contribution < 1.29 is 12.3 Å². The van der Waals surface area contributed by atoms with Gasteiger partial charge in [-0.25, -0.2) is 0 Å². The van der Waals surface area contributed by atoms with Gasteiger partial charge in [0.1, 0.15) is 0 Å². The van der Waals surface area contributed by atoms with E-state index < -0.39 is 25.4 Å². The second kappa shape index (κ2) is 1.17. The largest absolute Gasteiger partial charge is 0.120 e. The van der Waals surface area contributed by atoms with Gasteiger partial charge in [-0.15, -0.1) is 11.6 Å². The second-order valence-electron chi connectivity index (χ2n) is 0.658. The molecule has 0 saturated heterocycles. The first-order chi connectivity index (χ1) is 5.75. The fourth-order valence-corrected chi connectivity index (χ4v) is 0. The van der Waals surface area contributed by atoms with Crippen LogP contribution in [0.1, 0.15) is 32.9 Å². The van der Waals surface area contributed by atoms with Crippen LogP contribution in [0.4, 0.5) is 0 Å². The number of halogens is 1. The van der Waals surface area contributed by atoms with Gasteiger partial charge >= 0.3 is 0 Å². The van der Waals surface area contributed by atoms with Crippen molar-refractivity contribution >= 4 is 11.6 Å². The molecule has 0 aromatic rings. The molecule has 0 rings (SSSR count). The summed E-state index contributed by atoms with van der Waals surface area (Å²) in [6.45, 7) is -9.86. The molecule has 0 aliphatic carbocycles. The third kappa shape index (κ3) is 268. The molecule has 0 aliphatic rings. The average Bonchev–Trinajstić information content (AvgIpc) is 1.77. The Morgan fingerprint density at radius 1 is 1.60 bits per heavy atom. The SMILES string of the molecule is [2H]C([2H])([2H])C(Cl)(C([2H])([2H])[2H])C([2H])([2H])[2H]. The van der Waals surface area contributed by atoms with Gasteiger partial charge in [0.2, 0.25) is 0 Å². The lowest BCUT2D eigenvalue weighted by molar-refractivity contribution is 0.788. The first kappa shape index (κ1) is 0.551. The van der Waals surface area contributed by atoms with Crippen LogP contribution in [-0.4, -0.2) is 4.87 Å². The summed E-state index contributed by atoms with van der Waals surface area (Å²) < 4.78 is 61.9. The lowest BCUT2D eigenvalue weighted by Crippen LogP contribution is -1.99. The fraction of sp³-hybridized carbons (Fsp3) is 1.00. The van der Waals surface area contributed by atoms with E-state index in [-0.39, 0.29) is 0 Å². The van der Waals surface area contributed by atoms with E-state index in [1.54, 1.807) is 0 Å². The summed E-state index contributed by atoms with van der Waals surface area (Å²) >= 11 is 5.28. The van der Waals surface area contributed by atoms with Crippen LogP contribution in [0.25, 0.3) is 0 Å². The molecular weight excluding hydrogens is 83.5 g/mol. The van der Waals surface area contributed by atoms with E-state index in [1.807, 2.05) is 0 Å². The van der Waals surface area contributed by atoms with Crippen LogP contribution >= 0.6 is 11.6 Å². The number of hydrogen-bond donors (Lipinski definition) is 0. The van der Waals surface area contributed by atoms with Gasteiger partial charge in [0.05, 0.1) is 0 Å². The van der Waals surface area contributed by atoms with Crippen LogP contribution in [0, 0.1) is 0 Å². The van der Waals surface area contributed by atoms with Crippen molar-refractivity contribution in [2.75, 3.05) is 0 Å². The lowest BCUT2D eigenvalue weighted by Gasteiger charge is -2.01. The van der Waals surface area contributed by atoms with Crippen molar-refractivity contribution in [3.63, 3.8) is 0 Å². The van der Waals surface area contributed by atoms with Crippen LogP contribution < -0.4 is 0 Å². The summed E-state index contributed by atoms with van der Waals surface area (Å²) in [5, 5.41) is 0. The third-order valence-corrected chi connectivity index (χ3v) is 0. The Balaban J connectivity index is 5.54. The van der Waals surface area contributed by atoms with Crippen molar-refractivity contribution in [2.24, 2.45) is 0 Å². The minimum atomic E-state index is -3.29. The Labute approximate surface area is 50.8 Å². The molecule has 0 aromatic heterocycles. The van der Waals surface area contributed by atoms with Gasteiger partial charge in [-0.1, -0.05) is 0 Å². The highest BCUT2D eigenvalue weighted by atomic mass is 35.5. The van der Waals surface area contributed by atoms with Crippen LogP contribution in [0.3, 0.4) is 0 Å². The molecule has 0 unspecified atom stereocenters. The van der Waals surface area contributed by atoms with E-state index in [0.29, 0.717) is 0 Å². The summed E-state index contributed by atoms with van der Waals surface area (Å²) in [4.78, 5) is -3.22. The van der Waals surface area contributed by atoms with Gasteiger partial charge in [-0.05, 0) is 20.6 Å². The summed E-state index contributed by atoms with van der Waals surface area (Å²) in [7, 11) is 0. The Morgan fingerprint density at radius 2 is 2.00 bits per heavy atom. The molecule has 0 fully saturated rings. The Morgan fingerprint density at radius 3 is 2.00 bits per heavy atom. The maximum absolute atomic E-state index is 6.88. The smallest absolute Gasteiger partial charge is 0.0362 e. The Kier molecular flexibility index (Phi) is 0.129. The predicted molar refractivity (Wildman–Crippen MR) is 25.6 cm³/mol. The third-order valence-electron chi connectivity index (χ3n) is 0. The van der Waals surface area contributed by atoms with Crippen LogP contribution in [0.15, 0.2) is 0 Å². The molecule has 0 aliphatic heterocycles. The van der Waals surface area contributed by atoms with Gasteiger partial charge in [0.15, 0.2) is 0 Å². The van der Waals surface area contributed by atoms with Gasteiger partial charge in [0.25, 0.3) is 0 Å². The van der Waals surface area contributed by atoms with Crippen molar-refractivity contribution in [1.29, 1.82) is 0 Å². The minimum Gasteiger partial charge on any atom is -0.120 e. The minimum absolute atomic E-state index is 3.22. The number of alkyl halides is 1. The zero-order valence-corrected chi connectivity index (χ0v) is 3.13. The molecule has 0 saturated carbocycles. The summed E-state index contributed by atoms with van der Waals surface area (Å²) in [6, 6.07) is 0. The molecule has 0 atom stereocenters. The van der Waals surface area contributed by atoms with Crippen LogP contribution in [0.2, 0.25) is 0 Å². The summed E-state index contributed by atoms with van der Waals surface area (Å²) in [5.41, 5.74) is 0. The highest BCUT2D eigenvalue weighted by Crippen LogP contribution is 2.07. The quantitative estimate of drug-likeness (QED) is 0.410. The predicted octanol–water partition coefficient (Wildman–Crippen LogP) is 2.02. The van der Waals surface area contributed by atoms with E-state index in [0.717, 1.165) is 0 Å². The van der Waals surface area contributed by atoms with E-state index >= 15 is 0 Å². The van der Waals surface area contributed by atoms with Gasteiger partial charge in [0, 0.05) is 17.2 Å². The van der Waals surface area contributed by atoms with Crippen LogP contribution in [0.5, 0.6) is 0 Å². The molecule has 0 heterocycles. The normalized spacial score (nSPS) is 46.2. The van der Waals surface area contributed by atoms with Crippen LogP contribution in [-0.2, 0) is 0 Å². The lowest BCUT2D eigenvalue weighted by atomic mass is 10.3. The van der Waals surface area contributed by atoms with Crippen molar-refractivity contribution in [1.82, 2.24) is 0 Å². The van der Waals surface area contributed by atoms with Crippen molar-refractivity contribution in [3.05, 3.63) is 0 Å². The van der Waals surface area contributed by atoms with Crippen molar-refractivity contribution in [3.8, 4) is 0 Å². The monoisotopic (exact) mass is 101 g/mol. The first-order valence-electron chi connectivity index (χ1n) is 5.44. The van der Waals surface area contributed by atoms with Crippen molar-refractivity contribution in [2.45, 2.75) is 25.4 Å². The number of hydrogen-bond acceptors (Lipinski definition) is 0. The van der Waals surface area contributed by atoms with E-state index in [4.69, 9.17) is 23.9 Å². The zero-order chi connectivity index (χ0) is 12.0. The maximum Gasteiger partial charge on any atom is 0.0362 e. The molecule has 0 aromatic carbocycles. The molecule has 32 valence electrons. The molecule has 0 radical (unpaired) electrons. The molecule has 0 bridgehead atoms. The summed E-state index contributed by atoms with van der Waals surface area (Å²) in [5.74, 6) is 0. The maximum atomic E-state index is 6.88. The highest BCUT2D eigenvalue weighted by Gasteiger charge is 1.99. The molecule has 0 amide bonds. The summed E-state index contributed by atoms with van der Waals surface area (Å²) in [6.07, 6.45) is 0. The molecular formula is C4H9Cl. The van der Waals surface area contributed by atoms with E-state index in [9.17, 15) is 0 Å².